The Labute approximate surface area is 169 Å². The van der Waals surface area contributed by atoms with E-state index in [-0.39, 0.29) is 5.91 Å². The van der Waals surface area contributed by atoms with Crippen LogP contribution in [0.25, 0.3) is 0 Å². The lowest BCUT2D eigenvalue weighted by Gasteiger charge is -2.34. The van der Waals surface area contributed by atoms with Gasteiger partial charge in [0.2, 0.25) is 0 Å². The Morgan fingerprint density at radius 2 is 1.89 bits per heavy atom. The normalized spacial score (nSPS) is 15.8. The average molecular weight is 403 g/mol. The van der Waals surface area contributed by atoms with Crippen molar-refractivity contribution in [2.45, 2.75) is 13.0 Å². The molecule has 0 radical (unpaired) electrons. The second kappa shape index (κ2) is 8.50. The van der Waals surface area contributed by atoms with E-state index in [1.54, 1.807) is 54.3 Å². The number of carbonyl (C=O) groups is 2. The molecular weight excluding hydrogens is 380 g/mol. The van der Waals surface area contributed by atoms with Crippen molar-refractivity contribution in [2.24, 2.45) is 0 Å². The minimum atomic E-state index is -0.579. The highest BCUT2D eigenvalue weighted by Crippen LogP contribution is 2.36. The van der Waals surface area contributed by atoms with Crippen molar-refractivity contribution in [2.75, 3.05) is 42.7 Å². The van der Waals surface area contributed by atoms with Gasteiger partial charge in [-0.05, 0) is 51.4 Å². The van der Waals surface area contributed by atoms with E-state index in [1.165, 1.54) is 0 Å². The molecule has 0 aliphatic carbocycles. The van der Waals surface area contributed by atoms with E-state index < -0.39 is 12.1 Å². The molecule has 2 aromatic rings. The van der Waals surface area contributed by atoms with Gasteiger partial charge in [-0.3, -0.25) is 4.79 Å². The van der Waals surface area contributed by atoms with E-state index in [0.29, 0.717) is 34.4 Å². The van der Waals surface area contributed by atoms with Crippen LogP contribution in [0.15, 0.2) is 42.5 Å². The van der Waals surface area contributed by atoms with Gasteiger partial charge in [0.1, 0.15) is 5.75 Å². The topological polar surface area (TPSA) is 73.9 Å². The van der Waals surface area contributed by atoms with Gasteiger partial charge in [-0.15, -0.1) is 0 Å². The van der Waals surface area contributed by atoms with Crippen LogP contribution in [0.2, 0.25) is 5.02 Å². The summed E-state index contributed by atoms with van der Waals surface area (Å²) in [5.74, 6) is 0.486. The molecule has 2 N–H and O–H groups in total. The van der Waals surface area contributed by atoms with Crippen molar-refractivity contribution in [3.8, 4) is 5.75 Å². The molecule has 0 saturated heterocycles. The summed E-state index contributed by atoms with van der Waals surface area (Å²) in [6.07, 6.45) is -0.579. The van der Waals surface area contributed by atoms with Crippen LogP contribution in [-0.2, 0) is 4.79 Å². The Bertz CT molecular complexity index is 888. The smallest absolute Gasteiger partial charge is 0.323 e. The number of halogens is 1. The predicted octanol–water partition coefficient (Wildman–Crippen LogP) is 3.66. The number of nitrogens with one attached hydrogen (secondary N) is 2. The zero-order chi connectivity index (χ0) is 20.3. The Kier molecular flexibility index (Phi) is 6.06. The van der Waals surface area contributed by atoms with Crippen LogP contribution >= 0.6 is 11.6 Å². The van der Waals surface area contributed by atoms with Crippen molar-refractivity contribution in [1.82, 2.24) is 4.90 Å². The molecule has 1 unspecified atom stereocenters. The van der Waals surface area contributed by atoms with Gasteiger partial charge in [-0.25, -0.2) is 4.79 Å². The monoisotopic (exact) mass is 402 g/mol. The molecule has 8 heteroatoms. The number of likely N-dealkylation sites (N-methyl/N-ethyl adjacent to an activating group) is 1. The molecule has 28 heavy (non-hydrogen) atoms. The molecule has 0 spiro atoms. The molecule has 3 rings (SSSR count). The van der Waals surface area contributed by atoms with Gasteiger partial charge in [0.05, 0.1) is 5.69 Å². The van der Waals surface area contributed by atoms with Crippen molar-refractivity contribution < 1.29 is 14.3 Å². The van der Waals surface area contributed by atoms with Crippen molar-refractivity contribution >= 4 is 40.6 Å². The average Bonchev–Trinajstić information content (AvgIpc) is 2.62. The second-order valence-electron chi connectivity index (χ2n) is 6.83. The molecule has 0 saturated carbocycles. The number of ether oxygens (including phenoxy) is 1. The number of rotatable bonds is 5. The van der Waals surface area contributed by atoms with Gasteiger partial charge in [0.15, 0.2) is 6.10 Å². The fourth-order valence-electron chi connectivity index (χ4n) is 2.88. The van der Waals surface area contributed by atoms with Gasteiger partial charge >= 0.3 is 6.03 Å². The van der Waals surface area contributed by atoms with Crippen LogP contribution in [-0.4, -0.2) is 50.1 Å². The fraction of sp³-hybridized carbons (Fsp3) is 0.300. The van der Waals surface area contributed by atoms with Crippen LogP contribution in [0.3, 0.4) is 0 Å². The van der Waals surface area contributed by atoms with Gasteiger partial charge in [0, 0.05) is 35.6 Å². The standard InChI is InChI=1S/C20H23ClN4O3/c1-13-19(26)25(10-9-24(2)3)17-8-7-16(12-18(17)28-13)23-20(27)22-15-6-4-5-14(21)11-15/h4-8,11-13H,9-10H2,1-3H3,(H2,22,23,27). The first-order valence-electron chi connectivity index (χ1n) is 8.94. The summed E-state index contributed by atoms with van der Waals surface area (Å²) >= 11 is 5.93. The first-order chi connectivity index (χ1) is 13.3. The molecule has 0 fully saturated rings. The van der Waals surface area contributed by atoms with Crippen LogP contribution in [0.4, 0.5) is 21.9 Å². The maximum atomic E-state index is 12.5. The highest BCUT2D eigenvalue weighted by Gasteiger charge is 2.31. The molecule has 148 valence electrons. The van der Waals surface area contributed by atoms with Gasteiger partial charge < -0.3 is 25.2 Å². The lowest BCUT2D eigenvalue weighted by molar-refractivity contribution is -0.125. The highest BCUT2D eigenvalue weighted by atomic mass is 35.5. The summed E-state index contributed by atoms with van der Waals surface area (Å²) < 4.78 is 5.74. The van der Waals surface area contributed by atoms with E-state index >= 15 is 0 Å². The van der Waals surface area contributed by atoms with Crippen molar-refractivity contribution in [3.63, 3.8) is 0 Å². The van der Waals surface area contributed by atoms with Crippen molar-refractivity contribution in [1.29, 1.82) is 0 Å². The predicted molar refractivity (Wildman–Crippen MR) is 112 cm³/mol. The molecule has 1 atom stereocenters. The number of nitrogens with zero attached hydrogens (tertiary/aromatic N) is 2. The Morgan fingerprint density at radius 1 is 1.18 bits per heavy atom. The number of hydrogen-bond acceptors (Lipinski definition) is 4. The van der Waals surface area contributed by atoms with E-state index in [1.807, 2.05) is 19.0 Å². The number of amides is 3. The summed E-state index contributed by atoms with van der Waals surface area (Å²) in [5, 5.41) is 6.03. The van der Waals surface area contributed by atoms with Gasteiger partial charge in [0.25, 0.3) is 5.91 Å². The SMILES string of the molecule is CC1Oc2cc(NC(=O)Nc3cccc(Cl)c3)ccc2N(CCN(C)C)C1=O. The molecule has 1 heterocycles. The van der Waals surface area contributed by atoms with Crippen molar-refractivity contribution in [3.05, 3.63) is 47.5 Å². The Morgan fingerprint density at radius 3 is 2.57 bits per heavy atom. The summed E-state index contributed by atoms with van der Waals surface area (Å²) in [7, 11) is 3.92. The number of fused-ring (bicyclic) bond motifs is 1. The number of hydrogen-bond donors (Lipinski definition) is 2. The molecule has 0 bridgehead atoms. The van der Waals surface area contributed by atoms with Crippen LogP contribution in [0.1, 0.15) is 6.92 Å². The van der Waals surface area contributed by atoms with E-state index in [2.05, 4.69) is 10.6 Å². The number of carbonyl (C=O) groups excluding carboxylic acids is 2. The number of anilines is 3. The van der Waals surface area contributed by atoms with E-state index in [9.17, 15) is 9.59 Å². The largest absolute Gasteiger partial charge is 0.479 e. The fourth-order valence-corrected chi connectivity index (χ4v) is 3.07. The third-order valence-corrected chi connectivity index (χ3v) is 4.51. The first kappa shape index (κ1) is 20.0. The molecule has 7 nitrogen and oxygen atoms in total. The summed E-state index contributed by atoms with van der Waals surface area (Å²) in [4.78, 5) is 28.5. The van der Waals surface area contributed by atoms with Crippen LogP contribution in [0.5, 0.6) is 5.75 Å². The maximum absolute atomic E-state index is 12.5. The minimum absolute atomic E-state index is 0.0752. The zero-order valence-corrected chi connectivity index (χ0v) is 16.8. The van der Waals surface area contributed by atoms with E-state index in [0.717, 1.165) is 6.54 Å². The third-order valence-electron chi connectivity index (χ3n) is 4.28. The second-order valence-corrected chi connectivity index (χ2v) is 7.26. The van der Waals surface area contributed by atoms with Gasteiger partial charge in [-0.2, -0.15) is 0 Å². The molecule has 1 aliphatic heterocycles. The molecule has 1 aliphatic rings. The number of urea groups is 1. The Hall–Kier alpha value is -2.77. The molecule has 3 amide bonds. The molecule has 2 aromatic carbocycles. The first-order valence-corrected chi connectivity index (χ1v) is 9.31. The minimum Gasteiger partial charge on any atom is -0.479 e. The maximum Gasteiger partial charge on any atom is 0.323 e. The zero-order valence-electron chi connectivity index (χ0n) is 16.0. The summed E-state index contributed by atoms with van der Waals surface area (Å²) in [6, 6.07) is 11.7. The van der Waals surface area contributed by atoms with E-state index in [4.69, 9.17) is 16.3 Å². The Balaban J connectivity index is 1.74. The van der Waals surface area contributed by atoms with Crippen LogP contribution < -0.4 is 20.3 Å². The lowest BCUT2D eigenvalue weighted by Crippen LogP contribution is -2.46. The molecule has 0 aromatic heterocycles. The summed E-state index contributed by atoms with van der Waals surface area (Å²) in [5.41, 5.74) is 1.85. The lowest BCUT2D eigenvalue weighted by atomic mass is 10.1. The summed E-state index contributed by atoms with van der Waals surface area (Å²) in [6.45, 7) is 3.02. The van der Waals surface area contributed by atoms with Crippen LogP contribution in [0, 0.1) is 0 Å². The highest BCUT2D eigenvalue weighted by molar-refractivity contribution is 6.30. The van der Waals surface area contributed by atoms with Gasteiger partial charge in [-0.1, -0.05) is 17.7 Å². The molecular formula is C20H23ClN4O3. The third kappa shape index (κ3) is 4.74. The quantitative estimate of drug-likeness (QED) is 0.800. The number of benzene rings is 2.